The highest BCUT2D eigenvalue weighted by atomic mass is 19.4. The second-order valence-corrected chi connectivity index (χ2v) is 8.72. The smallest absolute Gasteiger partial charge is 0.377 e. The third-order valence-electron chi connectivity index (χ3n) is 5.98. The van der Waals surface area contributed by atoms with Crippen LogP contribution in [0.1, 0.15) is 17.0 Å². The summed E-state index contributed by atoms with van der Waals surface area (Å²) in [6.07, 6.45) is 1.24. The molecule has 0 atom stereocenters. The summed E-state index contributed by atoms with van der Waals surface area (Å²) in [5.74, 6) is 0.254. The number of benzene rings is 2. The Hall–Kier alpha value is -4.80. The van der Waals surface area contributed by atoms with Gasteiger partial charge in [-0.2, -0.15) is 23.4 Å². The molecular formula is C27H24F3N7O. The highest BCUT2D eigenvalue weighted by molar-refractivity contribution is 6.00. The first-order valence-electron chi connectivity index (χ1n) is 11.8. The van der Waals surface area contributed by atoms with Crippen molar-refractivity contribution in [3.63, 3.8) is 0 Å². The Morgan fingerprint density at radius 3 is 2.13 bits per heavy atom. The van der Waals surface area contributed by atoms with Crippen LogP contribution in [0.15, 0.2) is 85.1 Å². The number of para-hydroxylation sites is 2. The molecule has 3 heterocycles. The molecule has 38 heavy (non-hydrogen) atoms. The van der Waals surface area contributed by atoms with Crippen molar-refractivity contribution in [2.75, 3.05) is 24.2 Å². The fourth-order valence-corrected chi connectivity index (χ4v) is 4.06. The van der Waals surface area contributed by atoms with Crippen molar-refractivity contribution in [3.05, 3.63) is 102 Å². The number of nitrogens with zero attached hydrogens (tertiary/aromatic N) is 5. The monoisotopic (exact) mass is 519 g/mol. The first-order chi connectivity index (χ1) is 18.2. The van der Waals surface area contributed by atoms with Crippen molar-refractivity contribution >= 4 is 23.2 Å². The molecule has 1 aliphatic rings. The Morgan fingerprint density at radius 2 is 1.55 bits per heavy atom. The van der Waals surface area contributed by atoms with E-state index in [1.54, 1.807) is 35.0 Å². The normalized spacial score (nSPS) is 13.4. The molecule has 1 aliphatic heterocycles. The van der Waals surface area contributed by atoms with Crippen molar-refractivity contribution in [2.45, 2.75) is 13.1 Å². The van der Waals surface area contributed by atoms with Gasteiger partial charge in [-0.3, -0.25) is 10.6 Å². The van der Waals surface area contributed by atoms with Gasteiger partial charge in [-0.1, -0.05) is 42.5 Å². The molecule has 0 fully saturated rings. The Balaban J connectivity index is 1.50. The number of amides is 2. The van der Waals surface area contributed by atoms with E-state index < -0.39 is 17.9 Å². The standard InChI is InChI=1S/C27H24F3N7O/c1-18-24(19-13-15-35(2)16-14-19)34-37(21-11-7-4-8-12-21)25(18)32-26(38)31-23-17-22(27(28,29)30)33-36(23)20-9-5-3-6-10-20/h3-15,17H,16H2,1-2H3,(H2,31,32,38). The number of aromatic nitrogens is 4. The molecule has 0 unspecified atom stereocenters. The van der Waals surface area contributed by atoms with Crippen molar-refractivity contribution in [1.82, 2.24) is 24.5 Å². The summed E-state index contributed by atoms with van der Waals surface area (Å²) in [6, 6.07) is 17.6. The molecule has 0 bridgehead atoms. The van der Waals surface area contributed by atoms with Gasteiger partial charge in [0.1, 0.15) is 11.6 Å². The van der Waals surface area contributed by atoms with Crippen LogP contribution in [0.3, 0.4) is 0 Å². The summed E-state index contributed by atoms with van der Waals surface area (Å²) in [5.41, 5.74) is 2.25. The number of hydrogen-bond acceptors (Lipinski definition) is 4. The van der Waals surface area contributed by atoms with Gasteiger partial charge < -0.3 is 4.90 Å². The molecule has 8 nitrogen and oxygen atoms in total. The third kappa shape index (κ3) is 5.03. The molecule has 2 N–H and O–H groups in total. The van der Waals surface area contributed by atoms with E-state index in [2.05, 4.69) is 15.7 Å². The lowest BCUT2D eigenvalue weighted by Crippen LogP contribution is -2.23. The summed E-state index contributed by atoms with van der Waals surface area (Å²) >= 11 is 0. The van der Waals surface area contributed by atoms with Gasteiger partial charge in [0, 0.05) is 30.8 Å². The topological polar surface area (TPSA) is 80.0 Å². The molecule has 0 aliphatic carbocycles. The number of alkyl halides is 3. The molecule has 0 saturated carbocycles. The zero-order valence-corrected chi connectivity index (χ0v) is 20.6. The molecule has 5 rings (SSSR count). The van der Waals surface area contributed by atoms with Gasteiger partial charge in [0.05, 0.1) is 17.1 Å². The number of likely N-dealkylation sites (N-methyl/N-ethyl adjacent to an activating group) is 1. The molecule has 4 aromatic rings. The highest BCUT2D eigenvalue weighted by Crippen LogP contribution is 2.32. The highest BCUT2D eigenvalue weighted by Gasteiger charge is 2.35. The zero-order chi connectivity index (χ0) is 26.9. The maximum absolute atomic E-state index is 13.4. The quantitative estimate of drug-likeness (QED) is 0.346. The lowest BCUT2D eigenvalue weighted by Gasteiger charge is -2.16. The van der Waals surface area contributed by atoms with Crippen LogP contribution >= 0.6 is 0 Å². The number of urea groups is 1. The first kappa shape index (κ1) is 24.9. The molecule has 2 aromatic heterocycles. The molecule has 2 amide bonds. The summed E-state index contributed by atoms with van der Waals surface area (Å²) in [5, 5.41) is 13.8. The van der Waals surface area contributed by atoms with E-state index in [0.29, 0.717) is 35.0 Å². The number of halogens is 3. The lowest BCUT2D eigenvalue weighted by atomic mass is 10.1. The minimum Gasteiger partial charge on any atom is -0.377 e. The number of allylic oxidation sites excluding steroid dienone is 2. The minimum absolute atomic E-state index is 0.134. The van der Waals surface area contributed by atoms with E-state index in [1.807, 2.05) is 67.6 Å². The summed E-state index contributed by atoms with van der Waals surface area (Å²) in [7, 11) is 1.96. The molecular weight excluding hydrogens is 495 g/mol. The van der Waals surface area contributed by atoms with Gasteiger partial charge in [-0.15, -0.1) is 0 Å². The predicted octanol–water partition coefficient (Wildman–Crippen LogP) is 5.87. The van der Waals surface area contributed by atoms with E-state index in [4.69, 9.17) is 5.10 Å². The van der Waals surface area contributed by atoms with Crippen LogP contribution < -0.4 is 10.6 Å². The van der Waals surface area contributed by atoms with E-state index >= 15 is 0 Å². The van der Waals surface area contributed by atoms with E-state index in [9.17, 15) is 18.0 Å². The largest absolute Gasteiger partial charge is 0.435 e. The van der Waals surface area contributed by atoms with Gasteiger partial charge in [-0.25, -0.2) is 14.2 Å². The van der Waals surface area contributed by atoms with Crippen LogP contribution in [0.5, 0.6) is 0 Å². The minimum atomic E-state index is -4.68. The van der Waals surface area contributed by atoms with Crippen molar-refractivity contribution in [3.8, 4) is 11.4 Å². The predicted molar refractivity (Wildman–Crippen MR) is 139 cm³/mol. The average molecular weight is 520 g/mol. The van der Waals surface area contributed by atoms with Crippen molar-refractivity contribution in [2.24, 2.45) is 0 Å². The van der Waals surface area contributed by atoms with E-state index in [1.165, 1.54) is 0 Å². The molecule has 194 valence electrons. The van der Waals surface area contributed by atoms with Crippen molar-refractivity contribution < 1.29 is 18.0 Å². The fourth-order valence-electron chi connectivity index (χ4n) is 4.06. The number of carbonyl (C=O) groups excluding carboxylic acids is 1. The first-order valence-corrected chi connectivity index (χ1v) is 11.8. The Labute approximate surface area is 216 Å². The summed E-state index contributed by atoms with van der Waals surface area (Å²) in [4.78, 5) is 15.2. The second kappa shape index (κ2) is 9.92. The van der Waals surface area contributed by atoms with Crippen LogP contribution in [-0.2, 0) is 6.18 Å². The number of rotatable bonds is 5. The molecule has 0 spiro atoms. The van der Waals surface area contributed by atoms with Gasteiger partial charge in [0.15, 0.2) is 5.69 Å². The SMILES string of the molecule is Cc1c(C2=CCN(C)C=C2)nn(-c2ccccc2)c1NC(=O)Nc1cc(C(F)(F)F)nn1-c1ccccc1. The molecule has 11 heteroatoms. The number of hydrogen-bond donors (Lipinski definition) is 2. The Morgan fingerprint density at radius 1 is 0.921 bits per heavy atom. The number of nitrogens with one attached hydrogen (secondary N) is 2. The fraction of sp³-hybridized carbons (Fsp3) is 0.148. The maximum atomic E-state index is 13.4. The zero-order valence-electron chi connectivity index (χ0n) is 20.6. The van der Waals surface area contributed by atoms with Gasteiger partial charge in [-0.05, 0) is 43.5 Å². The summed E-state index contributed by atoms with van der Waals surface area (Å²) in [6.45, 7) is 2.54. The Bertz CT molecular complexity index is 1520. The summed E-state index contributed by atoms with van der Waals surface area (Å²) < 4.78 is 43.0. The van der Waals surface area contributed by atoms with Gasteiger partial charge in [0.2, 0.25) is 0 Å². The van der Waals surface area contributed by atoms with Crippen LogP contribution in [0, 0.1) is 6.92 Å². The number of anilines is 2. The van der Waals surface area contributed by atoms with Crippen molar-refractivity contribution in [1.29, 1.82) is 0 Å². The van der Waals surface area contributed by atoms with Crippen LogP contribution in [-0.4, -0.2) is 44.1 Å². The van der Waals surface area contributed by atoms with Gasteiger partial charge in [0.25, 0.3) is 0 Å². The second-order valence-electron chi connectivity index (χ2n) is 8.72. The lowest BCUT2D eigenvalue weighted by molar-refractivity contribution is -0.141. The Kier molecular flexibility index (Phi) is 6.50. The van der Waals surface area contributed by atoms with Crippen LogP contribution in [0.2, 0.25) is 0 Å². The molecule has 0 saturated heterocycles. The van der Waals surface area contributed by atoms with Crippen LogP contribution in [0.25, 0.3) is 16.9 Å². The molecule has 0 radical (unpaired) electrons. The average Bonchev–Trinajstić information content (AvgIpc) is 3.47. The third-order valence-corrected chi connectivity index (χ3v) is 5.98. The molecule has 2 aromatic carbocycles. The van der Waals surface area contributed by atoms with Crippen LogP contribution in [0.4, 0.5) is 29.6 Å². The maximum Gasteiger partial charge on any atom is 0.435 e. The van der Waals surface area contributed by atoms with E-state index in [0.717, 1.165) is 16.3 Å². The number of carbonyl (C=O) groups is 1. The van der Waals surface area contributed by atoms with Gasteiger partial charge >= 0.3 is 12.2 Å². The van der Waals surface area contributed by atoms with E-state index in [-0.39, 0.29) is 5.82 Å².